The molecule has 7 heteroatoms. The number of halogens is 2. The summed E-state index contributed by atoms with van der Waals surface area (Å²) in [5.74, 6) is 0.500. The third kappa shape index (κ3) is 4.57. The van der Waals surface area contributed by atoms with E-state index in [2.05, 4.69) is 31.9 Å². The van der Waals surface area contributed by atoms with E-state index in [4.69, 9.17) is 4.42 Å². The first kappa shape index (κ1) is 14.2. The summed E-state index contributed by atoms with van der Waals surface area (Å²) >= 11 is 6.40. The zero-order valence-electron chi connectivity index (χ0n) is 8.61. The van der Waals surface area contributed by atoms with Crippen LogP contribution in [0.3, 0.4) is 0 Å². The van der Waals surface area contributed by atoms with E-state index in [0.29, 0.717) is 23.3 Å². The molecule has 1 heterocycles. The quantitative estimate of drug-likeness (QED) is 0.858. The van der Waals surface area contributed by atoms with Crippen molar-refractivity contribution in [3.05, 3.63) is 21.0 Å². The standard InChI is InChI=1S/C9H12Br2O4S/c1-16(13,14)4-2-3-7(12)8-5-6(10)9(11)15-8/h5,7,12H,2-4H2,1H3. The number of rotatable bonds is 5. The molecule has 1 aromatic rings. The smallest absolute Gasteiger partial charge is 0.183 e. The number of furan rings is 1. The number of sulfone groups is 1. The summed E-state index contributed by atoms with van der Waals surface area (Å²) in [4.78, 5) is 0. The highest BCUT2D eigenvalue weighted by atomic mass is 79.9. The first-order valence-electron chi connectivity index (χ1n) is 4.60. The van der Waals surface area contributed by atoms with Gasteiger partial charge in [-0.2, -0.15) is 0 Å². The molecule has 0 aliphatic rings. The maximum atomic E-state index is 10.9. The van der Waals surface area contributed by atoms with E-state index < -0.39 is 15.9 Å². The molecule has 0 spiro atoms. The van der Waals surface area contributed by atoms with E-state index in [9.17, 15) is 13.5 Å². The van der Waals surface area contributed by atoms with Crippen molar-refractivity contribution in [3.8, 4) is 0 Å². The van der Waals surface area contributed by atoms with Gasteiger partial charge < -0.3 is 9.52 Å². The van der Waals surface area contributed by atoms with Gasteiger partial charge in [-0.25, -0.2) is 8.42 Å². The van der Waals surface area contributed by atoms with Crippen molar-refractivity contribution in [1.82, 2.24) is 0 Å². The fraction of sp³-hybridized carbons (Fsp3) is 0.556. The average Bonchev–Trinajstić information content (AvgIpc) is 2.45. The van der Waals surface area contributed by atoms with Gasteiger partial charge in [-0.05, 0) is 50.8 Å². The van der Waals surface area contributed by atoms with Gasteiger partial charge in [0.15, 0.2) is 4.67 Å². The molecular weight excluding hydrogens is 364 g/mol. The van der Waals surface area contributed by atoms with Gasteiger partial charge in [0.1, 0.15) is 21.7 Å². The Morgan fingerprint density at radius 3 is 2.56 bits per heavy atom. The van der Waals surface area contributed by atoms with Crippen LogP contribution in [0.25, 0.3) is 0 Å². The Morgan fingerprint density at radius 2 is 2.12 bits per heavy atom. The predicted octanol–water partition coefficient (Wildman–Crippen LogP) is 2.66. The van der Waals surface area contributed by atoms with E-state index in [1.165, 1.54) is 6.26 Å². The van der Waals surface area contributed by atoms with Gasteiger partial charge in [-0.15, -0.1) is 0 Å². The van der Waals surface area contributed by atoms with E-state index in [0.717, 1.165) is 4.47 Å². The lowest BCUT2D eigenvalue weighted by atomic mass is 10.2. The minimum Gasteiger partial charge on any atom is -0.450 e. The van der Waals surface area contributed by atoms with Gasteiger partial charge in [0.05, 0.1) is 4.47 Å². The lowest BCUT2D eigenvalue weighted by Crippen LogP contribution is -2.05. The third-order valence-corrected chi connectivity index (χ3v) is 4.73. The van der Waals surface area contributed by atoms with Crippen molar-refractivity contribution in [2.24, 2.45) is 0 Å². The molecule has 0 amide bonds. The fourth-order valence-electron chi connectivity index (χ4n) is 1.21. The number of hydrogen-bond acceptors (Lipinski definition) is 4. The zero-order chi connectivity index (χ0) is 12.3. The lowest BCUT2D eigenvalue weighted by Gasteiger charge is -2.06. The molecule has 0 saturated heterocycles. The number of aliphatic hydroxyl groups excluding tert-OH is 1. The van der Waals surface area contributed by atoms with Crippen molar-refractivity contribution < 1.29 is 17.9 Å². The molecule has 1 aromatic heterocycles. The molecule has 1 N–H and O–H groups in total. The van der Waals surface area contributed by atoms with Crippen LogP contribution in [0.1, 0.15) is 24.7 Å². The van der Waals surface area contributed by atoms with Gasteiger partial charge >= 0.3 is 0 Å². The van der Waals surface area contributed by atoms with E-state index in [1.807, 2.05) is 0 Å². The summed E-state index contributed by atoms with van der Waals surface area (Å²) in [5, 5.41) is 9.72. The minimum absolute atomic E-state index is 0.0765. The molecule has 0 radical (unpaired) electrons. The summed E-state index contributed by atoms with van der Waals surface area (Å²) in [5.41, 5.74) is 0. The van der Waals surface area contributed by atoms with Crippen molar-refractivity contribution in [2.75, 3.05) is 12.0 Å². The second kappa shape index (κ2) is 5.66. The first-order chi connectivity index (χ1) is 7.29. The Hall–Kier alpha value is 0.150. The molecule has 0 aliphatic heterocycles. The van der Waals surface area contributed by atoms with Gasteiger partial charge in [0.2, 0.25) is 0 Å². The summed E-state index contributed by atoms with van der Waals surface area (Å²) in [6, 6.07) is 1.66. The first-order valence-corrected chi connectivity index (χ1v) is 8.25. The van der Waals surface area contributed by atoms with Crippen molar-refractivity contribution >= 4 is 41.7 Å². The highest BCUT2D eigenvalue weighted by Gasteiger charge is 2.15. The lowest BCUT2D eigenvalue weighted by molar-refractivity contribution is 0.138. The van der Waals surface area contributed by atoms with Crippen LogP contribution < -0.4 is 0 Å². The van der Waals surface area contributed by atoms with Crippen LogP contribution in [0.4, 0.5) is 0 Å². The van der Waals surface area contributed by atoms with Gasteiger partial charge in [0, 0.05) is 12.0 Å². The molecule has 1 unspecified atom stereocenters. The zero-order valence-corrected chi connectivity index (χ0v) is 12.6. The highest BCUT2D eigenvalue weighted by molar-refractivity contribution is 9.13. The van der Waals surface area contributed by atoms with Gasteiger partial charge in [-0.1, -0.05) is 0 Å². The van der Waals surface area contributed by atoms with Crippen molar-refractivity contribution in [1.29, 1.82) is 0 Å². The monoisotopic (exact) mass is 374 g/mol. The molecule has 1 rings (SSSR count). The van der Waals surface area contributed by atoms with Crippen LogP contribution >= 0.6 is 31.9 Å². The van der Waals surface area contributed by atoms with Gasteiger partial charge in [-0.3, -0.25) is 0 Å². The summed E-state index contributed by atoms with van der Waals surface area (Å²) in [6.07, 6.45) is 1.18. The van der Waals surface area contributed by atoms with E-state index in [-0.39, 0.29) is 5.75 Å². The van der Waals surface area contributed by atoms with Crippen LogP contribution in [0.5, 0.6) is 0 Å². The van der Waals surface area contributed by atoms with Crippen LogP contribution in [-0.2, 0) is 9.84 Å². The Labute approximate surface area is 111 Å². The molecule has 16 heavy (non-hydrogen) atoms. The molecule has 0 fully saturated rings. The van der Waals surface area contributed by atoms with Crippen LogP contribution in [0, 0.1) is 0 Å². The molecule has 92 valence electrons. The average molecular weight is 376 g/mol. The molecule has 0 bridgehead atoms. The topological polar surface area (TPSA) is 67.5 Å². The normalized spacial score (nSPS) is 14.0. The third-order valence-electron chi connectivity index (χ3n) is 1.99. The Balaban J connectivity index is 2.50. The fourth-order valence-corrected chi connectivity index (χ4v) is 2.51. The summed E-state index contributed by atoms with van der Waals surface area (Å²) < 4.78 is 28.2. The molecule has 0 aliphatic carbocycles. The van der Waals surface area contributed by atoms with Crippen LogP contribution in [0.2, 0.25) is 0 Å². The Morgan fingerprint density at radius 1 is 1.50 bits per heavy atom. The highest BCUT2D eigenvalue weighted by Crippen LogP contribution is 2.31. The Bertz CT molecular complexity index is 433. The van der Waals surface area contributed by atoms with Crippen LogP contribution in [-0.4, -0.2) is 25.5 Å². The SMILES string of the molecule is CS(=O)(=O)CCCC(O)c1cc(Br)c(Br)o1. The van der Waals surface area contributed by atoms with Crippen molar-refractivity contribution in [3.63, 3.8) is 0 Å². The summed E-state index contributed by atoms with van der Waals surface area (Å²) in [6.45, 7) is 0. The molecule has 1 atom stereocenters. The largest absolute Gasteiger partial charge is 0.450 e. The molecular formula is C9H12Br2O4S. The number of hydrogen-bond donors (Lipinski definition) is 1. The maximum Gasteiger partial charge on any atom is 0.183 e. The van der Waals surface area contributed by atoms with Crippen LogP contribution in [0.15, 0.2) is 19.6 Å². The Kier molecular flexibility index (Phi) is 5.03. The molecule has 4 nitrogen and oxygen atoms in total. The second-order valence-electron chi connectivity index (χ2n) is 3.56. The maximum absolute atomic E-state index is 10.9. The number of aliphatic hydroxyl groups is 1. The second-order valence-corrected chi connectivity index (χ2v) is 7.39. The molecule has 0 saturated carbocycles. The summed E-state index contributed by atoms with van der Waals surface area (Å²) in [7, 11) is -2.97. The minimum atomic E-state index is -2.97. The van der Waals surface area contributed by atoms with Gasteiger partial charge in [0.25, 0.3) is 0 Å². The molecule has 0 aromatic carbocycles. The van der Waals surface area contributed by atoms with E-state index >= 15 is 0 Å². The predicted molar refractivity (Wildman–Crippen MR) is 68.0 cm³/mol. The van der Waals surface area contributed by atoms with E-state index in [1.54, 1.807) is 6.07 Å². The van der Waals surface area contributed by atoms with Crippen molar-refractivity contribution in [2.45, 2.75) is 18.9 Å².